The summed E-state index contributed by atoms with van der Waals surface area (Å²) < 4.78 is 0. The molecule has 1 N–H and O–H groups in total. The van der Waals surface area contributed by atoms with Crippen LogP contribution in [-0.2, 0) is 0 Å². The first kappa shape index (κ1) is 21.5. The predicted octanol–water partition coefficient (Wildman–Crippen LogP) is 4.92. The average Bonchev–Trinajstić information content (AvgIpc) is 2.56. The zero-order chi connectivity index (χ0) is 19.2. The number of fused-ring (bicyclic) bond motifs is 2. The van der Waals surface area contributed by atoms with Crippen molar-refractivity contribution in [2.45, 2.75) is 61.1 Å². The fraction of sp³-hybridized carbons (Fsp3) is 0.455. The molecule has 0 spiro atoms. The van der Waals surface area contributed by atoms with E-state index in [2.05, 4.69) is 63.8 Å². The number of rotatable bonds is 1. The fourth-order valence-electron chi connectivity index (χ4n) is 3.02. The lowest BCUT2D eigenvalue weighted by atomic mass is 10.1. The second kappa shape index (κ2) is 9.21. The van der Waals surface area contributed by atoms with Gasteiger partial charge in [-0.05, 0) is 48.8 Å². The number of anilines is 2. The van der Waals surface area contributed by atoms with Crippen molar-refractivity contribution in [1.82, 2.24) is 0 Å². The summed E-state index contributed by atoms with van der Waals surface area (Å²) in [6.45, 7) is 16.9. The van der Waals surface area contributed by atoms with Crippen LogP contribution in [0, 0.1) is 5.92 Å². The minimum atomic E-state index is -2.56. The minimum Gasteiger partial charge on any atom is -0.424 e. The molecule has 1 aliphatic rings. The van der Waals surface area contributed by atoms with Gasteiger partial charge in [-0.25, -0.2) is 0 Å². The summed E-state index contributed by atoms with van der Waals surface area (Å²) >= 11 is 0. The highest BCUT2D eigenvalue weighted by molar-refractivity contribution is 6.98. The molecule has 0 bridgehead atoms. The normalized spacial score (nSPS) is 14.0. The Hall–Kier alpha value is -1.58. The van der Waals surface area contributed by atoms with Gasteiger partial charge in [0.25, 0.3) is 8.32 Å². The highest BCUT2D eigenvalue weighted by Gasteiger charge is 2.41. The van der Waals surface area contributed by atoms with Crippen LogP contribution in [0.5, 0.6) is 0 Å². The molecule has 138 valence electrons. The van der Waals surface area contributed by atoms with E-state index >= 15 is 0 Å². The molecule has 0 radical (unpaired) electrons. The van der Waals surface area contributed by atoms with Gasteiger partial charge in [-0.1, -0.05) is 71.0 Å². The second-order valence-corrected chi connectivity index (χ2v) is 10.5. The quantitative estimate of drug-likeness (QED) is 0.733. The lowest BCUT2D eigenvalue weighted by Crippen LogP contribution is -2.62. The third-order valence-electron chi connectivity index (χ3n) is 3.89. The Bertz CT molecular complexity index is 612. The van der Waals surface area contributed by atoms with E-state index < -0.39 is 8.32 Å². The van der Waals surface area contributed by atoms with E-state index in [1.165, 1.54) is 0 Å². The topological polar surface area (TPSA) is 23.5 Å². The van der Waals surface area contributed by atoms with E-state index in [0.29, 0.717) is 6.04 Å². The van der Waals surface area contributed by atoms with E-state index in [1.807, 2.05) is 44.7 Å². The molecule has 0 aromatic heterocycles. The van der Waals surface area contributed by atoms with Crippen LogP contribution in [0.4, 0.5) is 11.4 Å². The Morgan fingerprint density at radius 1 is 0.760 bits per heavy atom. The number of nitrogens with zero attached hydrogens (tertiary/aromatic N) is 1. The van der Waals surface area contributed by atoms with Crippen LogP contribution >= 0.6 is 0 Å². The monoisotopic (exact) mass is 357 g/mol. The first-order chi connectivity index (χ1) is 11.8. The first-order valence-corrected chi connectivity index (χ1v) is 11.9. The molecule has 2 aromatic carbocycles. The molecule has 0 saturated heterocycles. The van der Waals surface area contributed by atoms with Crippen LogP contribution in [0.3, 0.4) is 0 Å². The molecule has 25 heavy (non-hydrogen) atoms. The van der Waals surface area contributed by atoms with Gasteiger partial charge in [-0.3, -0.25) is 0 Å². The van der Waals surface area contributed by atoms with E-state index in [4.69, 9.17) is 0 Å². The lowest BCUT2D eigenvalue weighted by Gasteiger charge is -2.41. The molecule has 0 unspecified atom stereocenters. The van der Waals surface area contributed by atoms with Crippen molar-refractivity contribution in [2.24, 2.45) is 5.92 Å². The van der Waals surface area contributed by atoms with Crippen molar-refractivity contribution in [3.05, 3.63) is 48.5 Å². The molecular weight excluding hydrogens is 322 g/mol. The summed E-state index contributed by atoms with van der Waals surface area (Å²) in [6, 6.07) is 16.9. The fourth-order valence-corrected chi connectivity index (χ4v) is 5.56. The summed E-state index contributed by atoms with van der Waals surface area (Å²) in [4.78, 5) is 13.4. The average molecular weight is 358 g/mol. The SMILES string of the molecule is CC.CC(C)C.CC(C)N1c2ccccc2[Si](C)(O)c2ccccc21. The summed E-state index contributed by atoms with van der Waals surface area (Å²) in [5.41, 5.74) is 2.32. The van der Waals surface area contributed by atoms with E-state index in [0.717, 1.165) is 27.7 Å². The molecule has 0 amide bonds. The standard InChI is InChI=1S/C16H19NOSi.C4H10.C2H6/c1-12(2)17-13-8-4-6-10-15(13)19(3,18)16-11-7-5-9-14(16)17;1-4(2)3;1-2/h4-12,18H,1-3H3;4H,1-3H3;1-2H3. The van der Waals surface area contributed by atoms with Crippen LogP contribution in [0.15, 0.2) is 48.5 Å². The molecule has 2 aromatic rings. The van der Waals surface area contributed by atoms with Gasteiger partial charge in [0.1, 0.15) is 0 Å². The van der Waals surface area contributed by atoms with Crippen LogP contribution in [0.2, 0.25) is 6.55 Å². The molecule has 0 fully saturated rings. The zero-order valence-electron chi connectivity index (χ0n) is 17.2. The molecular formula is C22H35NOSi. The Morgan fingerprint density at radius 2 is 1.08 bits per heavy atom. The molecule has 1 heterocycles. The molecule has 0 aliphatic carbocycles. The van der Waals surface area contributed by atoms with Crippen molar-refractivity contribution in [1.29, 1.82) is 0 Å². The molecule has 0 atom stereocenters. The number of para-hydroxylation sites is 2. The highest BCUT2D eigenvalue weighted by Crippen LogP contribution is 2.32. The second-order valence-electron chi connectivity index (χ2n) is 7.30. The van der Waals surface area contributed by atoms with E-state index in [-0.39, 0.29) is 0 Å². The largest absolute Gasteiger partial charge is 0.424 e. The van der Waals surface area contributed by atoms with Gasteiger partial charge in [-0.2, -0.15) is 0 Å². The van der Waals surface area contributed by atoms with Gasteiger partial charge in [0, 0.05) is 17.4 Å². The third kappa shape index (κ3) is 4.74. The minimum absolute atomic E-state index is 0.368. The van der Waals surface area contributed by atoms with Crippen molar-refractivity contribution < 1.29 is 4.80 Å². The van der Waals surface area contributed by atoms with Crippen LogP contribution in [0.1, 0.15) is 48.5 Å². The Kier molecular flexibility index (Phi) is 7.90. The van der Waals surface area contributed by atoms with Crippen molar-refractivity contribution >= 4 is 30.1 Å². The maximum atomic E-state index is 11.1. The van der Waals surface area contributed by atoms with Crippen LogP contribution in [0.25, 0.3) is 0 Å². The highest BCUT2D eigenvalue weighted by atomic mass is 28.4. The molecule has 2 nitrogen and oxygen atoms in total. The van der Waals surface area contributed by atoms with E-state index in [1.54, 1.807) is 0 Å². The van der Waals surface area contributed by atoms with Crippen LogP contribution < -0.4 is 15.3 Å². The van der Waals surface area contributed by atoms with Crippen molar-refractivity contribution in [3.63, 3.8) is 0 Å². The molecule has 1 aliphatic heterocycles. The summed E-state index contributed by atoms with van der Waals surface area (Å²) in [6.07, 6.45) is 0. The third-order valence-corrected chi connectivity index (χ3v) is 6.84. The van der Waals surface area contributed by atoms with Gasteiger partial charge < -0.3 is 9.70 Å². The summed E-state index contributed by atoms with van der Waals surface area (Å²) in [7, 11) is -2.56. The van der Waals surface area contributed by atoms with Gasteiger partial charge in [0.2, 0.25) is 0 Å². The van der Waals surface area contributed by atoms with Gasteiger partial charge in [0.05, 0.1) is 0 Å². The maximum Gasteiger partial charge on any atom is 0.253 e. The number of hydrogen-bond acceptors (Lipinski definition) is 2. The van der Waals surface area contributed by atoms with Crippen LogP contribution in [-0.4, -0.2) is 19.2 Å². The Morgan fingerprint density at radius 3 is 1.40 bits per heavy atom. The van der Waals surface area contributed by atoms with Crippen molar-refractivity contribution in [3.8, 4) is 0 Å². The maximum absolute atomic E-state index is 11.1. The number of benzene rings is 2. The molecule has 3 heteroatoms. The Labute approximate surface area is 155 Å². The van der Waals surface area contributed by atoms with Gasteiger partial charge >= 0.3 is 0 Å². The first-order valence-electron chi connectivity index (χ1n) is 9.47. The number of hydrogen-bond donors (Lipinski definition) is 1. The van der Waals surface area contributed by atoms with Crippen molar-refractivity contribution in [2.75, 3.05) is 4.90 Å². The lowest BCUT2D eigenvalue weighted by molar-refractivity contribution is 0.574. The summed E-state index contributed by atoms with van der Waals surface area (Å²) in [5.74, 6) is 0.833. The molecule has 3 rings (SSSR count). The smallest absolute Gasteiger partial charge is 0.253 e. The zero-order valence-corrected chi connectivity index (χ0v) is 18.2. The van der Waals surface area contributed by atoms with E-state index in [9.17, 15) is 4.80 Å². The predicted molar refractivity (Wildman–Crippen MR) is 115 cm³/mol. The van der Waals surface area contributed by atoms with Gasteiger partial charge in [-0.15, -0.1) is 0 Å². The Balaban J connectivity index is 0.000000461. The van der Waals surface area contributed by atoms with Gasteiger partial charge in [0.15, 0.2) is 0 Å². The summed E-state index contributed by atoms with van der Waals surface area (Å²) in [5, 5.41) is 2.23. The molecule has 0 saturated carbocycles.